The summed E-state index contributed by atoms with van der Waals surface area (Å²) in [5.41, 5.74) is 1.67. The predicted octanol–water partition coefficient (Wildman–Crippen LogP) is 4.12. The van der Waals surface area contributed by atoms with Gasteiger partial charge in [-0.1, -0.05) is 29.8 Å². The Hall–Kier alpha value is -2.31. The van der Waals surface area contributed by atoms with E-state index in [0.29, 0.717) is 27.9 Å². The maximum Gasteiger partial charge on any atom is 0.226 e. The molecule has 0 bridgehead atoms. The summed E-state index contributed by atoms with van der Waals surface area (Å²) in [7, 11) is -1.98. The van der Waals surface area contributed by atoms with Gasteiger partial charge in [-0.15, -0.1) is 0 Å². The first-order chi connectivity index (χ1) is 12.0. The van der Waals surface area contributed by atoms with Gasteiger partial charge in [0, 0.05) is 16.1 Å². The Morgan fingerprint density at radius 3 is 2.60 bits per heavy atom. The Kier molecular flexibility index (Phi) is 5.11. The summed E-state index contributed by atoms with van der Waals surface area (Å²) >= 11 is 5.96. The van der Waals surface area contributed by atoms with E-state index < -0.39 is 9.84 Å². The van der Waals surface area contributed by atoms with Gasteiger partial charge in [-0.3, -0.25) is 0 Å². The van der Waals surface area contributed by atoms with Crippen molar-refractivity contribution < 1.29 is 17.6 Å². The lowest BCUT2D eigenvalue weighted by molar-refractivity contribution is 0.411. The van der Waals surface area contributed by atoms with E-state index in [2.05, 4.69) is 4.98 Å². The summed E-state index contributed by atoms with van der Waals surface area (Å²) in [6, 6.07) is 14.2. The van der Waals surface area contributed by atoms with Crippen molar-refractivity contribution >= 4 is 21.4 Å². The van der Waals surface area contributed by atoms with E-state index in [4.69, 9.17) is 20.8 Å². The minimum absolute atomic E-state index is 0.190. The van der Waals surface area contributed by atoms with Gasteiger partial charge in [0.25, 0.3) is 0 Å². The van der Waals surface area contributed by atoms with Crippen molar-refractivity contribution in [3.8, 4) is 17.2 Å². The standard InChI is InChI=1S/C18H16ClNO4S/c1-23-17-8-7-15(19)9-14(17)11-25(21,22)12-16-10-24-18(20-16)13-5-3-2-4-6-13/h2-10H,11-12H2,1H3. The van der Waals surface area contributed by atoms with E-state index in [-0.39, 0.29) is 11.5 Å². The summed E-state index contributed by atoms with van der Waals surface area (Å²) < 4.78 is 35.6. The van der Waals surface area contributed by atoms with Crippen LogP contribution in [-0.4, -0.2) is 20.5 Å². The number of halogens is 1. The lowest BCUT2D eigenvalue weighted by Gasteiger charge is -2.09. The number of sulfone groups is 1. The molecule has 0 aliphatic heterocycles. The summed E-state index contributed by atoms with van der Waals surface area (Å²) in [6.07, 6.45) is 1.37. The molecule has 0 saturated carbocycles. The average molecular weight is 378 g/mol. The Balaban J connectivity index is 1.79. The highest BCUT2D eigenvalue weighted by Crippen LogP contribution is 2.26. The molecule has 0 aliphatic rings. The molecule has 0 N–H and O–H groups in total. The zero-order chi connectivity index (χ0) is 17.9. The third-order valence-electron chi connectivity index (χ3n) is 3.56. The quantitative estimate of drug-likeness (QED) is 0.646. The SMILES string of the molecule is COc1ccc(Cl)cc1CS(=O)(=O)Cc1coc(-c2ccccc2)n1. The van der Waals surface area contributed by atoms with Gasteiger partial charge in [0.15, 0.2) is 9.84 Å². The summed E-state index contributed by atoms with van der Waals surface area (Å²) in [5.74, 6) is 0.465. The molecule has 0 aliphatic carbocycles. The summed E-state index contributed by atoms with van der Waals surface area (Å²) in [5, 5.41) is 0.457. The van der Waals surface area contributed by atoms with Gasteiger partial charge in [-0.25, -0.2) is 13.4 Å². The molecule has 1 aromatic heterocycles. The van der Waals surface area contributed by atoms with Crippen molar-refractivity contribution in [1.82, 2.24) is 4.98 Å². The highest BCUT2D eigenvalue weighted by molar-refractivity contribution is 7.89. The first kappa shape index (κ1) is 17.5. The smallest absolute Gasteiger partial charge is 0.226 e. The largest absolute Gasteiger partial charge is 0.496 e. The average Bonchev–Trinajstić information content (AvgIpc) is 3.03. The van der Waals surface area contributed by atoms with Gasteiger partial charge in [0.1, 0.15) is 12.0 Å². The van der Waals surface area contributed by atoms with Crippen molar-refractivity contribution in [3.05, 3.63) is 71.1 Å². The van der Waals surface area contributed by atoms with Crippen molar-refractivity contribution in [1.29, 1.82) is 0 Å². The Bertz CT molecular complexity index is 968. The third-order valence-corrected chi connectivity index (χ3v) is 5.28. The molecule has 3 rings (SSSR count). The number of hydrogen-bond acceptors (Lipinski definition) is 5. The zero-order valence-electron chi connectivity index (χ0n) is 13.5. The van der Waals surface area contributed by atoms with Gasteiger partial charge in [-0.05, 0) is 30.3 Å². The number of benzene rings is 2. The first-order valence-electron chi connectivity index (χ1n) is 7.49. The first-order valence-corrected chi connectivity index (χ1v) is 9.69. The number of ether oxygens (including phenoxy) is 1. The molecular formula is C18H16ClNO4S. The van der Waals surface area contributed by atoms with Gasteiger partial charge in [-0.2, -0.15) is 0 Å². The monoisotopic (exact) mass is 377 g/mol. The van der Waals surface area contributed by atoms with Gasteiger partial charge >= 0.3 is 0 Å². The highest BCUT2D eigenvalue weighted by Gasteiger charge is 2.19. The van der Waals surface area contributed by atoms with Crippen LogP contribution in [-0.2, 0) is 21.3 Å². The van der Waals surface area contributed by atoms with E-state index in [0.717, 1.165) is 5.56 Å². The van der Waals surface area contributed by atoms with E-state index in [9.17, 15) is 8.42 Å². The van der Waals surface area contributed by atoms with Crippen LogP contribution >= 0.6 is 11.6 Å². The fraction of sp³-hybridized carbons (Fsp3) is 0.167. The van der Waals surface area contributed by atoms with Crippen LogP contribution in [0.5, 0.6) is 5.75 Å². The number of methoxy groups -OCH3 is 1. The highest BCUT2D eigenvalue weighted by atomic mass is 35.5. The third kappa shape index (κ3) is 4.41. The van der Waals surface area contributed by atoms with E-state index >= 15 is 0 Å². The van der Waals surface area contributed by atoms with E-state index in [1.807, 2.05) is 30.3 Å². The van der Waals surface area contributed by atoms with Crippen LogP contribution in [0.1, 0.15) is 11.3 Å². The van der Waals surface area contributed by atoms with Crippen LogP contribution in [0, 0.1) is 0 Å². The lowest BCUT2D eigenvalue weighted by Crippen LogP contribution is -2.09. The molecular weight excluding hydrogens is 362 g/mol. The molecule has 2 aromatic carbocycles. The van der Waals surface area contributed by atoms with Crippen molar-refractivity contribution in [3.63, 3.8) is 0 Å². The van der Waals surface area contributed by atoms with E-state index in [1.165, 1.54) is 13.4 Å². The second kappa shape index (κ2) is 7.29. The van der Waals surface area contributed by atoms with Crippen molar-refractivity contribution in [2.75, 3.05) is 7.11 Å². The molecule has 7 heteroatoms. The molecule has 0 spiro atoms. The fourth-order valence-corrected chi connectivity index (χ4v) is 4.04. The molecule has 0 atom stereocenters. The second-order valence-electron chi connectivity index (χ2n) is 5.50. The van der Waals surface area contributed by atoms with Gasteiger partial charge < -0.3 is 9.15 Å². The fourth-order valence-electron chi connectivity index (χ4n) is 2.46. The molecule has 3 aromatic rings. The van der Waals surface area contributed by atoms with Crippen LogP contribution in [0.3, 0.4) is 0 Å². The van der Waals surface area contributed by atoms with E-state index in [1.54, 1.807) is 18.2 Å². The lowest BCUT2D eigenvalue weighted by atomic mass is 10.2. The van der Waals surface area contributed by atoms with Crippen LogP contribution in [0.4, 0.5) is 0 Å². The minimum atomic E-state index is -3.47. The molecule has 5 nitrogen and oxygen atoms in total. The molecule has 0 radical (unpaired) electrons. The van der Waals surface area contributed by atoms with Gasteiger partial charge in [0.05, 0.1) is 24.3 Å². The topological polar surface area (TPSA) is 69.4 Å². The maximum atomic E-state index is 12.5. The van der Waals surface area contributed by atoms with Crippen LogP contribution in [0.15, 0.2) is 59.2 Å². The number of rotatable bonds is 6. The number of hydrogen-bond donors (Lipinski definition) is 0. The van der Waals surface area contributed by atoms with Crippen LogP contribution < -0.4 is 4.74 Å². The molecule has 1 heterocycles. The zero-order valence-corrected chi connectivity index (χ0v) is 15.0. The summed E-state index contributed by atoms with van der Waals surface area (Å²) in [4.78, 5) is 4.26. The molecule has 0 fully saturated rings. The summed E-state index contributed by atoms with van der Waals surface area (Å²) in [6.45, 7) is 0. The minimum Gasteiger partial charge on any atom is -0.496 e. The molecule has 0 amide bonds. The second-order valence-corrected chi connectivity index (χ2v) is 8.00. The molecule has 25 heavy (non-hydrogen) atoms. The Morgan fingerprint density at radius 2 is 1.88 bits per heavy atom. The molecule has 0 unspecified atom stereocenters. The molecule has 130 valence electrons. The number of aromatic nitrogens is 1. The van der Waals surface area contributed by atoms with Crippen molar-refractivity contribution in [2.45, 2.75) is 11.5 Å². The maximum absolute atomic E-state index is 12.5. The van der Waals surface area contributed by atoms with Crippen LogP contribution in [0.2, 0.25) is 5.02 Å². The number of oxazole rings is 1. The van der Waals surface area contributed by atoms with Gasteiger partial charge in [0.2, 0.25) is 5.89 Å². The number of nitrogens with zero attached hydrogens (tertiary/aromatic N) is 1. The molecule has 0 saturated heterocycles. The Labute approximate surface area is 151 Å². The van der Waals surface area contributed by atoms with Crippen LogP contribution in [0.25, 0.3) is 11.5 Å². The van der Waals surface area contributed by atoms with Crippen molar-refractivity contribution in [2.24, 2.45) is 0 Å². The normalized spacial score (nSPS) is 11.4. The predicted molar refractivity (Wildman–Crippen MR) is 96.3 cm³/mol. The Morgan fingerprint density at radius 1 is 1.12 bits per heavy atom.